The van der Waals surface area contributed by atoms with Crippen LogP contribution in [-0.2, 0) is 0 Å². The lowest BCUT2D eigenvalue weighted by Gasteiger charge is -2.04. The van der Waals surface area contributed by atoms with E-state index in [1.165, 1.54) is 0 Å². The first-order chi connectivity index (χ1) is 4.83. The van der Waals surface area contributed by atoms with Gasteiger partial charge in [-0.25, -0.2) is 0 Å². The molecule has 10 heavy (non-hydrogen) atoms. The summed E-state index contributed by atoms with van der Waals surface area (Å²) in [7, 11) is 0. The van der Waals surface area contributed by atoms with Crippen LogP contribution in [0.25, 0.3) is 0 Å². The fourth-order valence-electron chi connectivity index (χ4n) is 0.995. The van der Waals surface area contributed by atoms with Crippen LogP contribution in [0, 0.1) is 0 Å². The molecule has 1 atom stereocenters. The Bertz CT molecular complexity index is 159. The first kappa shape index (κ1) is 7.51. The topological polar surface area (TPSA) is 40.5 Å². The summed E-state index contributed by atoms with van der Waals surface area (Å²) < 4.78 is 0. The lowest BCUT2D eigenvalue weighted by molar-refractivity contribution is 0.0961. The molecule has 0 saturated carbocycles. The standard InChI is InChI=1S/C8H12O2/c9-6-8(10)5-7-3-1-2-4-7/h1,3-4,8-10H,2,5-6H2. The molecule has 1 rings (SSSR count). The zero-order valence-electron chi connectivity index (χ0n) is 5.83. The van der Waals surface area contributed by atoms with Crippen LogP contribution in [0.3, 0.4) is 0 Å². The molecular formula is C8H12O2. The van der Waals surface area contributed by atoms with Crippen molar-refractivity contribution in [2.45, 2.75) is 18.9 Å². The molecule has 0 aromatic heterocycles. The van der Waals surface area contributed by atoms with Crippen LogP contribution in [0.2, 0.25) is 0 Å². The van der Waals surface area contributed by atoms with E-state index in [2.05, 4.69) is 6.08 Å². The summed E-state index contributed by atoms with van der Waals surface area (Å²) in [6.07, 6.45) is 7.03. The van der Waals surface area contributed by atoms with Crippen LogP contribution in [0.15, 0.2) is 23.8 Å². The minimum absolute atomic E-state index is 0.148. The van der Waals surface area contributed by atoms with E-state index in [4.69, 9.17) is 10.2 Å². The molecule has 0 aliphatic heterocycles. The molecule has 0 aromatic rings. The summed E-state index contributed by atoms with van der Waals surface area (Å²) in [4.78, 5) is 0. The summed E-state index contributed by atoms with van der Waals surface area (Å²) in [6.45, 7) is -0.148. The molecule has 1 aliphatic carbocycles. The molecule has 0 spiro atoms. The Balaban J connectivity index is 2.31. The van der Waals surface area contributed by atoms with Gasteiger partial charge in [0.25, 0.3) is 0 Å². The lowest BCUT2D eigenvalue weighted by atomic mass is 10.1. The van der Waals surface area contributed by atoms with Gasteiger partial charge in [0, 0.05) is 6.42 Å². The number of hydrogen-bond acceptors (Lipinski definition) is 2. The number of aliphatic hydroxyl groups is 2. The molecule has 2 N–H and O–H groups in total. The number of hydrogen-bond donors (Lipinski definition) is 2. The normalized spacial score (nSPS) is 19.2. The van der Waals surface area contributed by atoms with Crippen LogP contribution >= 0.6 is 0 Å². The fraction of sp³-hybridized carbons (Fsp3) is 0.500. The van der Waals surface area contributed by atoms with E-state index in [9.17, 15) is 0 Å². The summed E-state index contributed by atoms with van der Waals surface area (Å²) in [5, 5.41) is 17.5. The third kappa shape index (κ3) is 1.97. The predicted octanol–water partition coefficient (Wildman–Crippen LogP) is 0.616. The quantitative estimate of drug-likeness (QED) is 0.603. The van der Waals surface area contributed by atoms with Crippen LogP contribution in [0.5, 0.6) is 0 Å². The molecular weight excluding hydrogens is 128 g/mol. The second-order valence-electron chi connectivity index (χ2n) is 2.46. The summed E-state index contributed by atoms with van der Waals surface area (Å²) in [5.41, 5.74) is 1.13. The molecule has 1 aliphatic rings. The van der Waals surface area contributed by atoms with Gasteiger partial charge in [0.15, 0.2) is 0 Å². The number of allylic oxidation sites excluding steroid dienone is 3. The molecule has 0 aromatic carbocycles. The Hall–Kier alpha value is -0.600. The van der Waals surface area contributed by atoms with Gasteiger partial charge in [0.1, 0.15) is 0 Å². The van der Waals surface area contributed by atoms with Crippen molar-refractivity contribution in [3.8, 4) is 0 Å². The van der Waals surface area contributed by atoms with E-state index in [1.807, 2.05) is 12.2 Å². The second-order valence-corrected chi connectivity index (χ2v) is 2.46. The minimum atomic E-state index is -0.589. The van der Waals surface area contributed by atoms with Crippen molar-refractivity contribution in [3.63, 3.8) is 0 Å². The number of rotatable bonds is 3. The lowest BCUT2D eigenvalue weighted by Crippen LogP contribution is -2.11. The van der Waals surface area contributed by atoms with Crippen molar-refractivity contribution in [1.29, 1.82) is 0 Å². The highest BCUT2D eigenvalue weighted by Gasteiger charge is 2.05. The van der Waals surface area contributed by atoms with Gasteiger partial charge in [-0.1, -0.05) is 18.2 Å². The molecule has 0 amide bonds. The number of aliphatic hydroxyl groups excluding tert-OH is 2. The molecule has 2 heteroatoms. The molecule has 0 bridgehead atoms. The van der Waals surface area contributed by atoms with Gasteiger partial charge in [-0.3, -0.25) is 0 Å². The van der Waals surface area contributed by atoms with Crippen molar-refractivity contribution < 1.29 is 10.2 Å². The van der Waals surface area contributed by atoms with Crippen LogP contribution in [0.1, 0.15) is 12.8 Å². The highest BCUT2D eigenvalue weighted by molar-refractivity contribution is 5.26. The van der Waals surface area contributed by atoms with E-state index in [1.54, 1.807) is 0 Å². The smallest absolute Gasteiger partial charge is 0.0811 e. The zero-order chi connectivity index (χ0) is 7.40. The van der Waals surface area contributed by atoms with Crippen molar-refractivity contribution >= 4 is 0 Å². The summed E-state index contributed by atoms with van der Waals surface area (Å²) >= 11 is 0. The van der Waals surface area contributed by atoms with Crippen molar-refractivity contribution in [3.05, 3.63) is 23.8 Å². The van der Waals surface area contributed by atoms with Crippen LogP contribution in [-0.4, -0.2) is 22.9 Å². The van der Waals surface area contributed by atoms with E-state index in [0.717, 1.165) is 12.0 Å². The molecule has 56 valence electrons. The van der Waals surface area contributed by atoms with Gasteiger partial charge in [-0.2, -0.15) is 0 Å². The second kappa shape index (κ2) is 3.54. The molecule has 0 radical (unpaired) electrons. The fourth-order valence-corrected chi connectivity index (χ4v) is 0.995. The maximum absolute atomic E-state index is 8.99. The van der Waals surface area contributed by atoms with Crippen LogP contribution in [0.4, 0.5) is 0 Å². The first-order valence-electron chi connectivity index (χ1n) is 3.47. The Kier molecular flexibility index (Phi) is 2.66. The van der Waals surface area contributed by atoms with Gasteiger partial charge < -0.3 is 10.2 Å². The maximum Gasteiger partial charge on any atom is 0.0811 e. The third-order valence-corrected chi connectivity index (χ3v) is 1.53. The maximum atomic E-state index is 8.99. The summed E-state index contributed by atoms with van der Waals surface area (Å²) in [6, 6.07) is 0. The van der Waals surface area contributed by atoms with Crippen molar-refractivity contribution in [2.75, 3.05) is 6.61 Å². The van der Waals surface area contributed by atoms with E-state index >= 15 is 0 Å². The van der Waals surface area contributed by atoms with Crippen molar-refractivity contribution in [2.24, 2.45) is 0 Å². The molecule has 0 saturated heterocycles. The molecule has 1 unspecified atom stereocenters. The Morgan fingerprint density at radius 1 is 1.60 bits per heavy atom. The van der Waals surface area contributed by atoms with Gasteiger partial charge >= 0.3 is 0 Å². The molecule has 0 fully saturated rings. The predicted molar refractivity (Wildman–Crippen MR) is 39.5 cm³/mol. The minimum Gasteiger partial charge on any atom is -0.394 e. The SMILES string of the molecule is OCC(O)CC1=CCC=C1. The average molecular weight is 140 g/mol. The Morgan fingerprint density at radius 3 is 2.90 bits per heavy atom. The van der Waals surface area contributed by atoms with Gasteiger partial charge in [-0.05, 0) is 12.0 Å². The van der Waals surface area contributed by atoms with Crippen molar-refractivity contribution in [1.82, 2.24) is 0 Å². The van der Waals surface area contributed by atoms with Gasteiger partial charge in [-0.15, -0.1) is 0 Å². The summed E-state index contributed by atoms with van der Waals surface area (Å²) in [5.74, 6) is 0. The highest BCUT2D eigenvalue weighted by atomic mass is 16.3. The average Bonchev–Trinajstić information content (AvgIpc) is 2.40. The Labute approximate surface area is 60.5 Å². The largest absolute Gasteiger partial charge is 0.394 e. The highest BCUT2D eigenvalue weighted by Crippen LogP contribution is 2.14. The molecule has 0 heterocycles. The van der Waals surface area contributed by atoms with Gasteiger partial charge in [0.05, 0.1) is 12.7 Å². The van der Waals surface area contributed by atoms with E-state index in [-0.39, 0.29) is 6.61 Å². The monoisotopic (exact) mass is 140 g/mol. The van der Waals surface area contributed by atoms with E-state index < -0.39 is 6.10 Å². The van der Waals surface area contributed by atoms with E-state index in [0.29, 0.717) is 6.42 Å². The van der Waals surface area contributed by atoms with Gasteiger partial charge in [0.2, 0.25) is 0 Å². The third-order valence-electron chi connectivity index (χ3n) is 1.53. The Morgan fingerprint density at radius 2 is 2.40 bits per heavy atom. The molecule has 2 nitrogen and oxygen atoms in total. The first-order valence-corrected chi connectivity index (χ1v) is 3.47. The zero-order valence-corrected chi connectivity index (χ0v) is 5.83. The van der Waals surface area contributed by atoms with Crippen LogP contribution < -0.4 is 0 Å².